The average Bonchev–Trinajstić information content (AvgIpc) is 3.54. The lowest BCUT2D eigenvalue weighted by atomic mass is 10.00. The smallest absolute Gasteiger partial charge is 0.289 e. The first-order valence-corrected chi connectivity index (χ1v) is 14.8. The minimum atomic E-state index is -0.0249. The van der Waals surface area contributed by atoms with Crippen LogP contribution in [0.4, 0.5) is 11.5 Å². The van der Waals surface area contributed by atoms with Gasteiger partial charge in [0.1, 0.15) is 23.1 Å². The summed E-state index contributed by atoms with van der Waals surface area (Å²) in [5.41, 5.74) is 2.09. The molecule has 1 fully saturated rings. The number of rotatable bonds is 9. The van der Waals surface area contributed by atoms with Crippen LogP contribution in [0.15, 0.2) is 77.5 Å². The molecule has 1 saturated heterocycles. The molecule has 6 rings (SSSR count). The van der Waals surface area contributed by atoms with Gasteiger partial charge in [0.2, 0.25) is 0 Å². The number of carbonyl (C=O) groups excluding carboxylic acids is 1. The van der Waals surface area contributed by atoms with Gasteiger partial charge in [-0.1, -0.05) is 23.7 Å². The number of hydrogen-bond acceptors (Lipinski definition) is 8. The van der Waals surface area contributed by atoms with Crippen molar-refractivity contribution in [3.8, 4) is 11.5 Å². The van der Waals surface area contributed by atoms with Gasteiger partial charge in [-0.15, -0.1) is 0 Å². The van der Waals surface area contributed by atoms with E-state index in [9.17, 15) is 4.79 Å². The number of aryl methyl sites for hydroxylation is 1. The molecular formula is C32H35ClN6O3. The Morgan fingerprint density at radius 1 is 1.02 bits per heavy atom. The van der Waals surface area contributed by atoms with Crippen LogP contribution in [0.1, 0.15) is 40.8 Å². The number of ether oxygens (including phenoxy) is 1. The van der Waals surface area contributed by atoms with Crippen molar-refractivity contribution >= 4 is 29.0 Å². The first kappa shape index (κ1) is 28.1. The number of aromatic nitrogens is 2. The molecule has 2 aliphatic heterocycles. The zero-order valence-corrected chi connectivity index (χ0v) is 24.5. The molecule has 42 heavy (non-hydrogen) atoms. The fourth-order valence-corrected chi connectivity index (χ4v) is 5.79. The number of carbonyl (C=O) groups is 1. The molecule has 2 aromatic carbocycles. The second-order valence-corrected chi connectivity index (χ2v) is 11.2. The molecule has 1 N–H and O–H groups in total. The molecule has 10 heteroatoms. The SMILES string of the molecule is Cc1ncc2c(n1)N(CCCN1CCN(C(=O)c3ccco3)CC1)CCC2Nc1cccc(Oc2cccc(Cl)c2)c1. The highest BCUT2D eigenvalue weighted by Crippen LogP contribution is 2.35. The summed E-state index contributed by atoms with van der Waals surface area (Å²) in [5, 5.41) is 4.33. The number of benzene rings is 2. The first-order valence-electron chi connectivity index (χ1n) is 14.5. The highest BCUT2D eigenvalue weighted by Gasteiger charge is 2.28. The van der Waals surface area contributed by atoms with Crippen molar-refractivity contribution in [1.29, 1.82) is 0 Å². The van der Waals surface area contributed by atoms with Crippen molar-refractivity contribution < 1.29 is 13.9 Å². The third-order valence-corrected chi connectivity index (χ3v) is 8.01. The van der Waals surface area contributed by atoms with Crippen molar-refractivity contribution in [1.82, 2.24) is 19.8 Å². The Hall–Kier alpha value is -4.08. The predicted molar refractivity (Wildman–Crippen MR) is 164 cm³/mol. The predicted octanol–water partition coefficient (Wildman–Crippen LogP) is 6.04. The van der Waals surface area contributed by atoms with Crippen LogP contribution in [-0.2, 0) is 0 Å². The van der Waals surface area contributed by atoms with Crippen molar-refractivity contribution in [3.05, 3.63) is 95.3 Å². The highest BCUT2D eigenvalue weighted by atomic mass is 35.5. The normalized spacial score (nSPS) is 17.1. The van der Waals surface area contributed by atoms with E-state index in [4.69, 9.17) is 25.7 Å². The first-order chi connectivity index (χ1) is 20.5. The molecule has 0 bridgehead atoms. The maximum Gasteiger partial charge on any atom is 0.289 e. The van der Waals surface area contributed by atoms with Crippen LogP contribution in [0, 0.1) is 6.92 Å². The van der Waals surface area contributed by atoms with E-state index in [1.54, 1.807) is 24.5 Å². The largest absolute Gasteiger partial charge is 0.459 e. The van der Waals surface area contributed by atoms with E-state index in [0.29, 0.717) is 16.5 Å². The highest BCUT2D eigenvalue weighted by molar-refractivity contribution is 6.30. The van der Waals surface area contributed by atoms with Crippen LogP contribution in [0.3, 0.4) is 0 Å². The number of hydrogen-bond donors (Lipinski definition) is 1. The van der Waals surface area contributed by atoms with E-state index in [2.05, 4.69) is 20.1 Å². The van der Waals surface area contributed by atoms with Gasteiger partial charge in [0, 0.05) is 67.8 Å². The van der Waals surface area contributed by atoms with Crippen molar-refractivity contribution in [3.63, 3.8) is 0 Å². The van der Waals surface area contributed by atoms with E-state index in [1.807, 2.05) is 60.5 Å². The molecule has 0 radical (unpaired) electrons. The van der Waals surface area contributed by atoms with E-state index >= 15 is 0 Å². The van der Waals surface area contributed by atoms with Gasteiger partial charge >= 0.3 is 0 Å². The summed E-state index contributed by atoms with van der Waals surface area (Å²) in [5.74, 6) is 3.61. The molecule has 218 valence electrons. The Morgan fingerprint density at radius 2 is 1.83 bits per heavy atom. The van der Waals surface area contributed by atoms with Crippen molar-refractivity contribution in [2.75, 3.05) is 56.0 Å². The van der Waals surface area contributed by atoms with Crippen LogP contribution >= 0.6 is 11.6 Å². The molecule has 1 unspecified atom stereocenters. The zero-order valence-electron chi connectivity index (χ0n) is 23.7. The molecule has 1 atom stereocenters. The maximum absolute atomic E-state index is 12.6. The summed E-state index contributed by atoms with van der Waals surface area (Å²) in [6.45, 7) is 7.94. The topological polar surface area (TPSA) is 87.0 Å². The maximum atomic E-state index is 12.6. The van der Waals surface area contributed by atoms with Gasteiger partial charge in [-0.2, -0.15) is 0 Å². The number of piperazine rings is 1. The average molecular weight is 587 g/mol. The Labute approximate surface area is 251 Å². The third-order valence-electron chi connectivity index (χ3n) is 7.78. The summed E-state index contributed by atoms with van der Waals surface area (Å²) in [7, 11) is 0. The number of nitrogens with zero attached hydrogens (tertiary/aromatic N) is 5. The van der Waals surface area contributed by atoms with Gasteiger partial charge < -0.3 is 24.3 Å². The van der Waals surface area contributed by atoms with Gasteiger partial charge in [-0.05, 0) is 68.8 Å². The van der Waals surface area contributed by atoms with Gasteiger partial charge in [0.25, 0.3) is 5.91 Å². The van der Waals surface area contributed by atoms with E-state index in [-0.39, 0.29) is 11.9 Å². The Balaban J connectivity index is 1.04. The van der Waals surface area contributed by atoms with Gasteiger partial charge in [0.05, 0.1) is 12.3 Å². The molecule has 2 aliphatic rings. The van der Waals surface area contributed by atoms with Crippen LogP contribution in [0.25, 0.3) is 0 Å². The summed E-state index contributed by atoms with van der Waals surface area (Å²) < 4.78 is 11.3. The Bertz CT molecular complexity index is 1510. The summed E-state index contributed by atoms with van der Waals surface area (Å²) in [6, 6.07) is 18.9. The zero-order chi connectivity index (χ0) is 28.9. The molecular weight excluding hydrogens is 552 g/mol. The monoisotopic (exact) mass is 586 g/mol. The number of fused-ring (bicyclic) bond motifs is 1. The van der Waals surface area contributed by atoms with Crippen LogP contribution in [0.2, 0.25) is 5.02 Å². The van der Waals surface area contributed by atoms with E-state index < -0.39 is 0 Å². The molecule has 1 amide bonds. The molecule has 4 heterocycles. The van der Waals surface area contributed by atoms with Gasteiger partial charge in [-0.3, -0.25) is 9.69 Å². The molecule has 0 saturated carbocycles. The molecule has 0 spiro atoms. The number of nitrogens with one attached hydrogen (secondary N) is 1. The second-order valence-electron chi connectivity index (χ2n) is 10.7. The minimum absolute atomic E-state index is 0.0249. The standard InChI is InChI=1S/C32H35ClN6O3/c1-23-34-22-28-29(36-25-7-3-9-27(21-25)42-26-8-2-6-24(33)20-26)11-14-38(31(28)35-23)13-5-12-37-15-17-39(18-16-37)32(40)30-10-4-19-41-30/h2-4,6-10,19-22,29,36H,5,11-18H2,1H3. The van der Waals surface area contributed by atoms with Gasteiger partial charge in [0.15, 0.2) is 5.76 Å². The number of halogens is 1. The van der Waals surface area contributed by atoms with Gasteiger partial charge in [-0.25, -0.2) is 9.97 Å². The third kappa shape index (κ3) is 6.69. The molecule has 4 aromatic rings. The number of amides is 1. The molecule has 2 aromatic heterocycles. The Kier molecular flexibility index (Phi) is 8.58. The molecule has 9 nitrogen and oxygen atoms in total. The van der Waals surface area contributed by atoms with E-state index in [0.717, 1.165) is 87.3 Å². The van der Waals surface area contributed by atoms with Crippen LogP contribution in [0.5, 0.6) is 11.5 Å². The summed E-state index contributed by atoms with van der Waals surface area (Å²) in [4.78, 5) is 28.6. The summed E-state index contributed by atoms with van der Waals surface area (Å²) >= 11 is 6.12. The van der Waals surface area contributed by atoms with Crippen molar-refractivity contribution in [2.24, 2.45) is 0 Å². The fourth-order valence-electron chi connectivity index (χ4n) is 5.61. The fraction of sp³-hybridized carbons (Fsp3) is 0.344. The van der Waals surface area contributed by atoms with Crippen molar-refractivity contribution in [2.45, 2.75) is 25.8 Å². The lowest BCUT2D eigenvalue weighted by molar-refractivity contribution is 0.0605. The van der Waals surface area contributed by atoms with Crippen LogP contribution < -0.4 is 15.0 Å². The lowest BCUT2D eigenvalue weighted by Crippen LogP contribution is -2.49. The van der Waals surface area contributed by atoms with E-state index in [1.165, 1.54) is 0 Å². The number of anilines is 2. The lowest BCUT2D eigenvalue weighted by Gasteiger charge is -2.37. The molecule has 0 aliphatic carbocycles. The second kappa shape index (κ2) is 12.8. The number of furan rings is 1. The quantitative estimate of drug-likeness (QED) is 0.254. The summed E-state index contributed by atoms with van der Waals surface area (Å²) in [6.07, 6.45) is 5.47. The Morgan fingerprint density at radius 3 is 2.62 bits per heavy atom. The minimum Gasteiger partial charge on any atom is -0.459 e. The van der Waals surface area contributed by atoms with Crippen LogP contribution in [-0.4, -0.2) is 71.5 Å².